The molecule has 17 heavy (non-hydrogen) atoms. The van der Waals surface area contributed by atoms with Crippen LogP contribution < -0.4 is 11.1 Å². The van der Waals surface area contributed by atoms with E-state index in [1.807, 2.05) is 13.8 Å². The van der Waals surface area contributed by atoms with Gasteiger partial charge in [0, 0.05) is 13.1 Å². The Morgan fingerprint density at radius 2 is 2.18 bits per heavy atom. The van der Waals surface area contributed by atoms with Gasteiger partial charge >= 0.3 is 0 Å². The number of carbonyl (C=O) groups is 2. The summed E-state index contributed by atoms with van der Waals surface area (Å²) in [6, 6.07) is -0.452. The van der Waals surface area contributed by atoms with E-state index in [-0.39, 0.29) is 22.7 Å². The summed E-state index contributed by atoms with van der Waals surface area (Å²) in [6.45, 7) is 6.50. The summed E-state index contributed by atoms with van der Waals surface area (Å²) < 4.78 is 0. The Morgan fingerprint density at radius 1 is 1.59 bits per heavy atom. The molecule has 1 rings (SSSR count). The number of amides is 2. The molecule has 6 heteroatoms. The maximum absolute atomic E-state index is 12.3. The van der Waals surface area contributed by atoms with Gasteiger partial charge in [0.1, 0.15) is 6.04 Å². The van der Waals surface area contributed by atoms with Gasteiger partial charge in [0.25, 0.3) is 0 Å². The van der Waals surface area contributed by atoms with Crippen molar-refractivity contribution >= 4 is 29.0 Å². The lowest BCUT2D eigenvalue weighted by atomic mass is 9.93. The molecule has 0 aromatic rings. The molecule has 0 saturated carbocycles. The molecule has 1 fully saturated rings. The van der Waals surface area contributed by atoms with Crippen molar-refractivity contribution in [3.63, 3.8) is 0 Å². The third kappa shape index (κ3) is 2.94. The zero-order chi connectivity index (χ0) is 13.2. The topological polar surface area (TPSA) is 75.4 Å². The summed E-state index contributed by atoms with van der Waals surface area (Å²) in [4.78, 5) is 25.6. The number of rotatable bonds is 3. The largest absolute Gasteiger partial charge is 0.393 e. The van der Waals surface area contributed by atoms with Gasteiger partial charge in [-0.2, -0.15) is 0 Å². The van der Waals surface area contributed by atoms with Crippen LogP contribution in [0, 0.1) is 11.8 Å². The van der Waals surface area contributed by atoms with E-state index >= 15 is 0 Å². The Labute approximate surface area is 107 Å². The molecule has 1 aliphatic rings. The minimum atomic E-state index is -0.488. The van der Waals surface area contributed by atoms with Crippen LogP contribution >= 0.6 is 12.2 Å². The highest BCUT2D eigenvalue weighted by atomic mass is 32.1. The fourth-order valence-electron chi connectivity index (χ4n) is 2.00. The number of piperazine rings is 1. The molecule has 1 heterocycles. The number of nitrogens with one attached hydrogen (secondary N) is 1. The van der Waals surface area contributed by atoms with Gasteiger partial charge in [-0.25, -0.2) is 0 Å². The van der Waals surface area contributed by atoms with E-state index < -0.39 is 12.0 Å². The summed E-state index contributed by atoms with van der Waals surface area (Å²) in [5.41, 5.74) is 5.61. The zero-order valence-corrected chi connectivity index (χ0v) is 11.2. The molecule has 2 unspecified atom stereocenters. The van der Waals surface area contributed by atoms with Crippen molar-refractivity contribution in [1.29, 1.82) is 0 Å². The van der Waals surface area contributed by atoms with Crippen LogP contribution in [-0.4, -0.2) is 40.8 Å². The molecule has 0 bridgehead atoms. The number of thiocarbonyl (C=S) groups is 1. The molecule has 0 spiro atoms. The summed E-state index contributed by atoms with van der Waals surface area (Å²) >= 11 is 4.94. The second-order valence-electron chi connectivity index (χ2n) is 4.62. The van der Waals surface area contributed by atoms with E-state index in [0.29, 0.717) is 13.1 Å². The smallest absolute Gasteiger partial charge is 0.242 e. The number of hydrogen-bond acceptors (Lipinski definition) is 3. The molecule has 96 valence electrons. The van der Waals surface area contributed by atoms with Gasteiger partial charge in [-0.3, -0.25) is 9.59 Å². The Bertz CT molecular complexity index is 344. The Balaban J connectivity index is 2.87. The van der Waals surface area contributed by atoms with Gasteiger partial charge in [0.05, 0.1) is 10.9 Å². The van der Waals surface area contributed by atoms with E-state index in [1.165, 1.54) is 0 Å². The first-order valence-corrected chi connectivity index (χ1v) is 6.14. The lowest BCUT2D eigenvalue weighted by Crippen LogP contribution is -2.58. The summed E-state index contributed by atoms with van der Waals surface area (Å²) in [6.07, 6.45) is 0. The number of hydrogen-bond donors (Lipinski definition) is 2. The molecule has 0 aromatic heterocycles. The molecular formula is C11H19N3O2S. The molecule has 1 aliphatic heterocycles. The van der Waals surface area contributed by atoms with Crippen molar-refractivity contribution in [2.75, 3.05) is 13.1 Å². The van der Waals surface area contributed by atoms with Crippen LogP contribution in [0.2, 0.25) is 0 Å². The van der Waals surface area contributed by atoms with Crippen molar-refractivity contribution in [3.8, 4) is 0 Å². The highest BCUT2D eigenvalue weighted by Gasteiger charge is 2.35. The zero-order valence-electron chi connectivity index (χ0n) is 10.4. The summed E-state index contributed by atoms with van der Waals surface area (Å²) in [5.74, 6) is -0.722. The molecule has 5 nitrogen and oxygen atoms in total. The van der Waals surface area contributed by atoms with E-state index in [2.05, 4.69) is 5.32 Å². The van der Waals surface area contributed by atoms with E-state index in [9.17, 15) is 9.59 Å². The Morgan fingerprint density at radius 3 is 2.65 bits per heavy atom. The van der Waals surface area contributed by atoms with Crippen LogP contribution in [0.3, 0.4) is 0 Å². The molecule has 3 N–H and O–H groups in total. The Hall–Kier alpha value is -1.17. The fourth-order valence-corrected chi connectivity index (χ4v) is 2.37. The lowest BCUT2D eigenvalue weighted by Gasteiger charge is -2.36. The normalized spacial score (nSPS) is 22.2. The molecule has 0 aliphatic carbocycles. The summed E-state index contributed by atoms with van der Waals surface area (Å²) in [7, 11) is 0. The third-order valence-electron chi connectivity index (χ3n) is 3.02. The monoisotopic (exact) mass is 257 g/mol. The van der Waals surface area contributed by atoms with Crippen LogP contribution in [0.15, 0.2) is 0 Å². The number of nitrogens with two attached hydrogens (primary N) is 1. The predicted molar refractivity (Wildman–Crippen MR) is 69.3 cm³/mol. The summed E-state index contributed by atoms with van der Waals surface area (Å²) in [5, 5.41) is 2.72. The standard InChI is InChI=1S/C11H19N3O2S/c1-6(2)8(9(12)17)11(16)14-5-4-13-10(15)7(14)3/h6-8H,4-5H2,1-3H3,(H2,12,17)(H,13,15). The second kappa shape index (κ2) is 5.44. The molecule has 1 saturated heterocycles. The minimum Gasteiger partial charge on any atom is -0.393 e. The van der Waals surface area contributed by atoms with E-state index in [4.69, 9.17) is 18.0 Å². The molecular weight excluding hydrogens is 238 g/mol. The van der Waals surface area contributed by atoms with Crippen LogP contribution in [0.1, 0.15) is 20.8 Å². The van der Waals surface area contributed by atoms with Crippen LogP contribution in [0.5, 0.6) is 0 Å². The average Bonchev–Trinajstić information content (AvgIpc) is 2.20. The maximum atomic E-state index is 12.3. The van der Waals surface area contributed by atoms with Crippen molar-refractivity contribution in [2.45, 2.75) is 26.8 Å². The molecule has 2 amide bonds. The first kappa shape index (κ1) is 13.9. The van der Waals surface area contributed by atoms with Crippen LogP contribution in [-0.2, 0) is 9.59 Å². The quantitative estimate of drug-likeness (QED) is 0.692. The van der Waals surface area contributed by atoms with Gasteiger partial charge in [0.15, 0.2) is 0 Å². The minimum absolute atomic E-state index is 0.0391. The van der Waals surface area contributed by atoms with Crippen molar-refractivity contribution in [2.24, 2.45) is 17.6 Å². The number of nitrogens with zero attached hydrogens (tertiary/aromatic N) is 1. The van der Waals surface area contributed by atoms with Crippen LogP contribution in [0.25, 0.3) is 0 Å². The SMILES string of the molecule is CC(C)C(C(=O)N1CCNC(=O)C1C)C(N)=S. The Kier molecular flexibility index (Phi) is 4.45. The first-order valence-electron chi connectivity index (χ1n) is 5.73. The molecule has 0 aromatic carbocycles. The lowest BCUT2D eigenvalue weighted by molar-refractivity contribution is -0.144. The first-order chi connectivity index (χ1) is 7.86. The molecule has 0 radical (unpaired) electrons. The third-order valence-corrected chi connectivity index (χ3v) is 3.28. The van der Waals surface area contributed by atoms with E-state index in [0.717, 1.165) is 0 Å². The second-order valence-corrected chi connectivity index (χ2v) is 5.09. The van der Waals surface area contributed by atoms with Crippen molar-refractivity contribution in [3.05, 3.63) is 0 Å². The highest BCUT2D eigenvalue weighted by molar-refractivity contribution is 7.80. The number of carbonyl (C=O) groups excluding carboxylic acids is 2. The van der Waals surface area contributed by atoms with E-state index in [1.54, 1.807) is 11.8 Å². The fraction of sp³-hybridized carbons (Fsp3) is 0.727. The maximum Gasteiger partial charge on any atom is 0.242 e. The van der Waals surface area contributed by atoms with Gasteiger partial charge < -0.3 is 16.0 Å². The van der Waals surface area contributed by atoms with Crippen molar-refractivity contribution < 1.29 is 9.59 Å². The van der Waals surface area contributed by atoms with Gasteiger partial charge in [0.2, 0.25) is 11.8 Å². The average molecular weight is 257 g/mol. The highest BCUT2D eigenvalue weighted by Crippen LogP contribution is 2.17. The van der Waals surface area contributed by atoms with Gasteiger partial charge in [-0.1, -0.05) is 26.1 Å². The predicted octanol–water partition coefficient (Wildman–Crippen LogP) is -0.108. The van der Waals surface area contributed by atoms with Crippen LogP contribution in [0.4, 0.5) is 0 Å². The van der Waals surface area contributed by atoms with Gasteiger partial charge in [-0.05, 0) is 12.8 Å². The van der Waals surface area contributed by atoms with Gasteiger partial charge in [-0.15, -0.1) is 0 Å². The molecule has 2 atom stereocenters. The van der Waals surface area contributed by atoms with Crippen molar-refractivity contribution in [1.82, 2.24) is 10.2 Å².